The van der Waals surface area contributed by atoms with E-state index in [0.29, 0.717) is 19.6 Å². The van der Waals surface area contributed by atoms with Gasteiger partial charge in [0.25, 0.3) is 0 Å². The molecule has 19 heavy (non-hydrogen) atoms. The van der Waals surface area contributed by atoms with E-state index in [9.17, 15) is 9.59 Å². The van der Waals surface area contributed by atoms with E-state index < -0.39 is 5.97 Å². The van der Waals surface area contributed by atoms with Crippen LogP contribution in [0, 0.1) is 0 Å². The van der Waals surface area contributed by atoms with Gasteiger partial charge in [0.1, 0.15) is 6.54 Å². The predicted octanol–water partition coefficient (Wildman–Crippen LogP) is 1.57. The van der Waals surface area contributed by atoms with Crippen molar-refractivity contribution >= 4 is 12.0 Å². The minimum absolute atomic E-state index is 0.195. The first-order chi connectivity index (χ1) is 9.11. The number of carboxylic acid groups (broad SMARTS) is 1. The summed E-state index contributed by atoms with van der Waals surface area (Å²) in [5.41, 5.74) is 2.42. The van der Waals surface area contributed by atoms with Crippen molar-refractivity contribution in [3.63, 3.8) is 0 Å². The van der Waals surface area contributed by atoms with Crippen molar-refractivity contribution in [2.75, 3.05) is 19.6 Å². The fourth-order valence-electron chi connectivity index (χ4n) is 2.34. The van der Waals surface area contributed by atoms with E-state index >= 15 is 0 Å². The van der Waals surface area contributed by atoms with Crippen LogP contribution < -0.4 is 0 Å². The SMILES string of the molecule is CCN(CC(=O)O)C(=O)N1CCc2ccccc2C1. The van der Waals surface area contributed by atoms with Gasteiger partial charge in [-0.25, -0.2) is 4.79 Å². The molecule has 0 atom stereocenters. The molecule has 2 rings (SSSR count). The van der Waals surface area contributed by atoms with Crippen molar-refractivity contribution in [2.24, 2.45) is 0 Å². The highest BCUT2D eigenvalue weighted by Gasteiger charge is 2.25. The zero-order valence-corrected chi connectivity index (χ0v) is 11.0. The van der Waals surface area contributed by atoms with Crippen LogP contribution in [0.3, 0.4) is 0 Å². The number of carbonyl (C=O) groups excluding carboxylic acids is 1. The molecule has 1 heterocycles. The number of benzene rings is 1. The van der Waals surface area contributed by atoms with E-state index in [2.05, 4.69) is 6.07 Å². The summed E-state index contributed by atoms with van der Waals surface area (Å²) < 4.78 is 0. The average Bonchev–Trinajstić information content (AvgIpc) is 2.43. The molecular weight excluding hydrogens is 244 g/mol. The molecular formula is C14H18N2O3. The van der Waals surface area contributed by atoms with Gasteiger partial charge in [0.2, 0.25) is 0 Å². The highest BCUT2D eigenvalue weighted by atomic mass is 16.4. The molecule has 0 bridgehead atoms. The number of rotatable bonds is 3. The Balaban J connectivity index is 2.07. The molecule has 0 saturated carbocycles. The van der Waals surface area contributed by atoms with Gasteiger partial charge in [0.05, 0.1) is 0 Å². The van der Waals surface area contributed by atoms with Crippen LogP contribution in [-0.4, -0.2) is 46.5 Å². The molecule has 1 N–H and O–H groups in total. The van der Waals surface area contributed by atoms with E-state index in [4.69, 9.17) is 5.11 Å². The Kier molecular flexibility index (Phi) is 4.04. The van der Waals surface area contributed by atoms with E-state index in [1.807, 2.05) is 18.2 Å². The normalized spacial score (nSPS) is 13.8. The smallest absolute Gasteiger partial charge is 0.323 e. The van der Waals surface area contributed by atoms with Crippen molar-refractivity contribution in [3.8, 4) is 0 Å². The van der Waals surface area contributed by atoms with Crippen LogP contribution in [0.25, 0.3) is 0 Å². The fraction of sp³-hybridized carbons (Fsp3) is 0.429. The van der Waals surface area contributed by atoms with Crippen molar-refractivity contribution in [1.82, 2.24) is 9.80 Å². The molecule has 102 valence electrons. The highest BCUT2D eigenvalue weighted by molar-refractivity contribution is 5.80. The Hall–Kier alpha value is -2.04. The molecule has 5 nitrogen and oxygen atoms in total. The Bertz CT molecular complexity index is 487. The Morgan fingerprint density at radius 2 is 2.00 bits per heavy atom. The van der Waals surface area contributed by atoms with E-state index in [1.54, 1.807) is 11.8 Å². The summed E-state index contributed by atoms with van der Waals surface area (Å²) in [5.74, 6) is -0.979. The van der Waals surface area contributed by atoms with Crippen LogP contribution in [0.15, 0.2) is 24.3 Å². The lowest BCUT2D eigenvalue weighted by molar-refractivity contribution is -0.137. The van der Waals surface area contributed by atoms with Crippen LogP contribution >= 0.6 is 0 Å². The second-order valence-corrected chi connectivity index (χ2v) is 4.63. The molecule has 0 fully saturated rings. The standard InChI is InChI=1S/C14H18N2O3/c1-2-15(10-13(17)18)14(19)16-8-7-11-5-3-4-6-12(11)9-16/h3-6H,2,7-10H2,1H3,(H,17,18). The number of hydrogen-bond acceptors (Lipinski definition) is 2. The lowest BCUT2D eigenvalue weighted by Crippen LogP contribution is -2.47. The summed E-state index contributed by atoms with van der Waals surface area (Å²) >= 11 is 0. The quantitative estimate of drug-likeness (QED) is 0.899. The van der Waals surface area contributed by atoms with E-state index in [-0.39, 0.29) is 12.6 Å². The molecule has 1 aromatic carbocycles. The molecule has 0 saturated heterocycles. The highest BCUT2D eigenvalue weighted by Crippen LogP contribution is 2.19. The zero-order valence-electron chi connectivity index (χ0n) is 11.0. The number of aliphatic carboxylic acids is 1. The lowest BCUT2D eigenvalue weighted by Gasteiger charge is -2.32. The molecule has 5 heteroatoms. The first-order valence-electron chi connectivity index (χ1n) is 6.44. The van der Waals surface area contributed by atoms with Gasteiger partial charge in [-0.15, -0.1) is 0 Å². The van der Waals surface area contributed by atoms with Crippen LogP contribution in [-0.2, 0) is 17.8 Å². The monoisotopic (exact) mass is 262 g/mol. The van der Waals surface area contributed by atoms with Gasteiger partial charge < -0.3 is 14.9 Å². The third-order valence-electron chi connectivity index (χ3n) is 3.38. The maximum atomic E-state index is 12.3. The molecule has 1 aliphatic heterocycles. The minimum atomic E-state index is -0.979. The predicted molar refractivity (Wildman–Crippen MR) is 70.8 cm³/mol. The number of hydrogen-bond donors (Lipinski definition) is 1. The number of carbonyl (C=O) groups is 2. The number of fused-ring (bicyclic) bond motifs is 1. The number of nitrogens with zero attached hydrogens (tertiary/aromatic N) is 2. The minimum Gasteiger partial charge on any atom is -0.480 e. The first kappa shape index (κ1) is 13.4. The van der Waals surface area contributed by atoms with Gasteiger partial charge in [0, 0.05) is 19.6 Å². The summed E-state index contributed by atoms with van der Waals surface area (Å²) in [4.78, 5) is 26.1. The largest absolute Gasteiger partial charge is 0.480 e. The summed E-state index contributed by atoms with van der Waals surface area (Å²) in [6, 6.07) is 7.86. The first-order valence-corrected chi connectivity index (χ1v) is 6.44. The van der Waals surface area contributed by atoms with Gasteiger partial charge in [-0.2, -0.15) is 0 Å². The molecule has 0 aliphatic carbocycles. The summed E-state index contributed by atoms with van der Waals surface area (Å²) in [5, 5.41) is 8.81. The van der Waals surface area contributed by atoms with Crippen molar-refractivity contribution in [3.05, 3.63) is 35.4 Å². The number of amides is 2. The number of carboxylic acids is 1. The van der Waals surface area contributed by atoms with Gasteiger partial charge in [-0.1, -0.05) is 24.3 Å². The molecule has 1 aromatic rings. The molecule has 0 unspecified atom stereocenters. The maximum Gasteiger partial charge on any atom is 0.323 e. The maximum absolute atomic E-state index is 12.3. The molecule has 1 aliphatic rings. The molecule has 0 radical (unpaired) electrons. The fourth-order valence-corrected chi connectivity index (χ4v) is 2.34. The second-order valence-electron chi connectivity index (χ2n) is 4.63. The Labute approximate surface area is 112 Å². The third kappa shape index (κ3) is 3.05. The lowest BCUT2D eigenvalue weighted by atomic mass is 10.0. The van der Waals surface area contributed by atoms with Crippen molar-refractivity contribution in [1.29, 1.82) is 0 Å². The topological polar surface area (TPSA) is 60.9 Å². The summed E-state index contributed by atoms with van der Waals surface area (Å²) in [6.45, 7) is 3.16. The van der Waals surface area contributed by atoms with E-state index in [0.717, 1.165) is 12.0 Å². The third-order valence-corrected chi connectivity index (χ3v) is 3.38. The molecule has 2 amide bonds. The zero-order chi connectivity index (χ0) is 13.8. The van der Waals surface area contributed by atoms with Crippen LogP contribution in [0.5, 0.6) is 0 Å². The van der Waals surface area contributed by atoms with Crippen LogP contribution in [0.2, 0.25) is 0 Å². The van der Waals surface area contributed by atoms with Crippen molar-refractivity contribution < 1.29 is 14.7 Å². The summed E-state index contributed by atoms with van der Waals surface area (Å²) in [6.07, 6.45) is 0.826. The Morgan fingerprint density at radius 1 is 1.32 bits per heavy atom. The molecule has 0 aromatic heterocycles. The molecule has 0 spiro atoms. The average molecular weight is 262 g/mol. The van der Waals surface area contributed by atoms with Crippen molar-refractivity contribution in [2.45, 2.75) is 19.9 Å². The van der Waals surface area contributed by atoms with Crippen LogP contribution in [0.1, 0.15) is 18.1 Å². The second kappa shape index (κ2) is 5.73. The van der Waals surface area contributed by atoms with Gasteiger partial charge >= 0.3 is 12.0 Å². The van der Waals surface area contributed by atoms with Crippen LogP contribution in [0.4, 0.5) is 4.79 Å². The number of likely N-dealkylation sites (N-methyl/N-ethyl adjacent to an activating group) is 1. The van der Waals surface area contributed by atoms with Gasteiger partial charge in [-0.3, -0.25) is 4.79 Å². The number of urea groups is 1. The van der Waals surface area contributed by atoms with Gasteiger partial charge in [0.15, 0.2) is 0 Å². The van der Waals surface area contributed by atoms with E-state index in [1.165, 1.54) is 10.5 Å². The Morgan fingerprint density at radius 3 is 2.63 bits per heavy atom. The van der Waals surface area contributed by atoms with Gasteiger partial charge in [-0.05, 0) is 24.5 Å². The summed E-state index contributed by atoms with van der Waals surface area (Å²) in [7, 11) is 0.